The summed E-state index contributed by atoms with van der Waals surface area (Å²) in [7, 11) is 3.23. The molecule has 0 amide bonds. The van der Waals surface area contributed by atoms with Crippen LogP contribution < -0.4 is 4.74 Å². The second kappa shape index (κ2) is 4.15. The maximum atomic E-state index is 9.34. The highest BCUT2D eigenvalue weighted by atomic mass is 16.5. The van der Waals surface area contributed by atoms with Crippen LogP contribution in [-0.4, -0.2) is 14.2 Å². The summed E-state index contributed by atoms with van der Waals surface area (Å²) >= 11 is 0. The average Bonchev–Trinajstić information content (AvgIpc) is 2.37. The number of rotatable bonds is 2. The van der Waals surface area contributed by atoms with Gasteiger partial charge in [0.25, 0.3) is 0 Å². The molecule has 1 atom stereocenters. The highest BCUT2D eigenvalue weighted by molar-refractivity contribution is 5.44. The highest BCUT2D eigenvalue weighted by Crippen LogP contribution is 2.39. The molecule has 0 saturated heterocycles. The summed E-state index contributed by atoms with van der Waals surface area (Å²) < 4.78 is 10.6. The number of fused-ring (bicyclic) bond motifs is 1. The van der Waals surface area contributed by atoms with Crippen molar-refractivity contribution in [2.24, 2.45) is 0 Å². The average molecular weight is 217 g/mol. The van der Waals surface area contributed by atoms with E-state index in [0.29, 0.717) is 0 Å². The molecule has 1 unspecified atom stereocenters. The molecule has 0 spiro atoms. The van der Waals surface area contributed by atoms with Gasteiger partial charge in [-0.25, -0.2) is 0 Å². The van der Waals surface area contributed by atoms with Crippen molar-refractivity contribution in [2.75, 3.05) is 14.2 Å². The first-order valence-electron chi connectivity index (χ1n) is 5.39. The molecule has 0 saturated carbocycles. The molecule has 1 aliphatic carbocycles. The predicted octanol–water partition coefficient (Wildman–Crippen LogP) is 2.40. The first kappa shape index (κ1) is 11.0. The quantitative estimate of drug-likeness (QED) is 0.763. The van der Waals surface area contributed by atoms with Crippen LogP contribution in [0, 0.1) is 11.3 Å². The van der Waals surface area contributed by atoms with Crippen LogP contribution in [0.2, 0.25) is 0 Å². The van der Waals surface area contributed by atoms with Gasteiger partial charge in [-0.15, -0.1) is 0 Å². The Labute approximate surface area is 95.6 Å². The zero-order valence-corrected chi connectivity index (χ0v) is 9.62. The fourth-order valence-corrected chi connectivity index (χ4v) is 2.31. The Bertz CT molecular complexity index is 436. The smallest absolute Gasteiger partial charge is 0.179 e. The van der Waals surface area contributed by atoms with E-state index in [-0.39, 0.29) is 0 Å². The molecule has 2 rings (SSSR count). The molecule has 0 heterocycles. The number of ether oxygens (including phenoxy) is 2. The Morgan fingerprint density at radius 3 is 2.81 bits per heavy atom. The number of methoxy groups -OCH3 is 2. The number of hydrogen-bond acceptors (Lipinski definition) is 3. The third kappa shape index (κ3) is 1.56. The summed E-state index contributed by atoms with van der Waals surface area (Å²) in [4.78, 5) is 0. The summed E-state index contributed by atoms with van der Waals surface area (Å²) in [6.45, 7) is 0. The lowest BCUT2D eigenvalue weighted by Crippen LogP contribution is -2.31. The summed E-state index contributed by atoms with van der Waals surface area (Å²) in [5.41, 5.74) is 1.36. The number of nitriles is 1. The standard InChI is InChI=1S/C13H15NO2/c1-15-11-6-5-10-4-3-7-13(9-14,16-2)12(10)8-11/h5-6,8H,3-4,7H2,1-2H3. The molecule has 0 radical (unpaired) electrons. The van der Waals surface area contributed by atoms with Gasteiger partial charge in [0.1, 0.15) is 11.8 Å². The number of aryl methyl sites for hydroxylation is 1. The normalized spacial score (nSPS) is 23.3. The van der Waals surface area contributed by atoms with Crippen molar-refractivity contribution in [1.29, 1.82) is 5.26 Å². The van der Waals surface area contributed by atoms with Gasteiger partial charge in [-0.05, 0) is 37.0 Å². The Morgan fingerprint density at radius 2 is 2.19 bits per heavy atom. The molecule has 0 fully saturated rings. The minimum absolute atomic E-state index is 0.750. The number of nitrogens with zero attached hydrogens (tertiary/aromatic N) is 1. The van der Waals surface area contributed by atoms with Crippen LogP contribution in [0.3, 0.4) is 0 Å². The van der Waals surface area contributed by atoms with Gasteiger partial charge in [0.2, 0.25) is 0 Å². The van der Waals surface area contributed by atoms with E-state index in [9.17, 15) is 5.26 Å². The van der Waals surface area contributed by atoms with E-state index >= 15 is 0 Å². The third-order valence-corrected chi connectivity index (χ3v) is 3.26. The first-order valence-corrected chi connectivity index (χ1v) is 5.39. The van der Waals surface area contributed by atoms with Crippen molar-refractivity contribution in [1.82, 2.24) is 0 Å². The molecule has 0 bridgehead atoms. The second-order valence-electron chi connectivity index (χ2n) is 4.02. The van der Waals surface area contributed by atoms with Gasteiger partial charge >= 0.3 is 0 Å². The Hall–Kier alpha value is -1.53. The first-order chi connectivity index (χ1) is 7.75. The van der Waals surface area contributed by atoms with Crippen molar-refractivity contribution in [3.05, 3.63) is 29.3 Å². The molecule has 0 aliphatic heterocycles. The Kier molecular flexibility index (Phi) is 2.84. The monoisotopic (exact) mass is 217 g/mol. The summed E-state index contributed by atoms with van der Waals surface area (Å²) in [5, 5.41) is 9.34. The summed E-state index contributed by atoms with van der Waals surface area (Å²) in [6, 6.07) is 8.17. The lowest BCUT2D eigenvalue weighted by Gasteiger charge is -2.32. The predicted molar refractivity (Wildman–Crippen MR) is 60.2 cm³/mol. The molecular formula is C13H15NO2. The van der Waals surface area contributed by atoms with Crippen LogP contribution in [0.15, 0.2) is 18.2 Å². The van der Waals surface area contributed by atoms with Crippen molar-refractivity contribution in [2.45, 2.75) is 24.9 Å². The topological polar surface area (TPSA) is 42.2 Å². The van der Waals surface area contributed by atoms with E-state index in [4.69, 9.17) is 9.47 Å². The number of hydrogen-bond donors (Lipinski definition) is 0. The molecule has 3 nitrogen and oxygen atoms in total. The molecule has 3 heteroatoms. The van der Waals surface area contributed by atoms with Crippen molar-refractivity contribution >= 4 is 0 Å². The zero-order chi connectivity index (χ0) is 11.6. The van der Waals surface area contributed by atoms with E-state index < -0.39 is 5.60 Å². The number of benzene rings is 1. The van der Waals surface area contributed by atoms with Crippen LogP contribution in [0.1, 0.15) is 24.0 Å². The van der Waals surface area contributed by atoms with Crippen LogP contribution in [0.5, 0.6) is 5.75 Å². The third-order valence-electron chi connectivity index (χ3n) is 3.26. The maximum Gasteiger partial charge on any atom is 0.179 e. The van der Waals surface area contributed by atoms with E-state index in [1.54, 1.807) is 14.2 Å². The lowest BCUT2D eigenvalue weighted by molar-refractivity contribution is 0.0211. The van der Waals surface area contributed by atoms with Gasteiger partial charge in [-0.2, -0.15) is 5.26 Å². The molecule has 1 aromatic rings. The molecule has 84 valence electrons. The van der Waals surface area contributed by atoms with Gasteiger partial charge in [0.15, 0.2) is 5.60 Å². The van der Waals surface area contributed by atoms with Gasteiger partial charge in [-0.3, -0.25) is 0 Å². The fourth-order valence-electron chi connectivity index (χ4n) is 2.31. The van der Waals surface area contributed by atoms with E-state index in [2.05, 4.69) is 6.07 Å². The Balaban J connectivity index is 2.56. The second-order valence-corrected chi connectivity index (χ2v) is 4.02. The van der Waals surface area contributed by atoms with E-state index in [1.807, 2.05) is 18.2 Å². The van der Waals surface area contributed by atoms with Crippen LogP contribution in [0.4, 0.5) is 0 Å². The van der Waals surface area contributed by atoms with Crippen LogP contribution >= 0.6 is 0 Å². The van der Waals surface area contributed by atoms with Gasteiger partial charge in [0.05, 0.1) is 7.11 Å². The molecule has 1 aromatic carbocycles. The van der Waals surface area contributed by atoms with Gasteiger partial charge in [-0.1, -0.05) is 6.07 Å². The van der Waals surface area contributed by atoms with Crippen LogP contribution in [0.25, 0.3) is 0 Å². The molecule has 1 aliphatic rings. The molecule has 0 aromatic heterocycles. The molecular weight excluding hydrogens is 202 g/mol. The lowest BCUT2D eigenvalue weighted by atomic mass is 9.80. The van der Waals surface area contributed by atoms with Crippen molar-refractivity contribution in [3.8, 4) is 11.8 Å². The maximum absolute atomic E-state index is 9.34. The zero-order valence-electron chi connectivity index (χ0n) is 9.62. The minimum atomic E-state index is -0.790. The Morgan fingerprint density at radius 1 is 1.38 bits per heavy atom. The SMILES string of the molecule is COc1ccc2c(c1)C(C#N)(OC)CCC2. The van der Waals surface area contributed by atoms with Gasteiger partial charge < -0.3 is 9.47 Å². The highest BCUT2D eigenvalue weighted by Gasteiger charge is 2.37. The van der Waals surface area contributed by atoms with Gasteiger partial charge in [0, 0.05) is 12.7 Å². The van der Waals surface area contributed by atoms with Crippen molar-refractivity contribution < 1.29 is 9.47 Å². The largest absolute Gasteiger partial charge is 0.497 e. The fraction of sp³-hybridized carbons (Fsp3) is 0.462. The van der Waals surface area contributed by atoms with Crippen LogP contribution in [-0.2, 0) is 16.8 Å². The van der Waals surface area contributed by atoms with E-state index in [0.717, 1.165) is 30.6 Å². The minimum Gasteiger partial charge on any atom is -0.497 e. The summed E-state index contributed by atoms with van der Waals surface area (Å²) in [5.74, 6) is 0.775. The molecule has 0 N–H and O–H groups in total. The molecule has 16 heavy (non-hydrogen) atoms. The van der Waals surface area contributed by atoms with Crippen molar-refractivity contribution in [3.63, 3.8) is 0 Å². The van der Waals surface area contributed by atoms with E-state index in [1.165, 1.54) is 5.56 Å². The summed E-state index contributed by atoms with van der Waals surface area (Å²) in [6.07, 6.45) is 2.74.